The maximum Gasteiger partial charge on any atom is 0.226 e. The molecule has 0 spiro atoms. The van der Waals surface area contributed by atoms with E-state index in [0.717, 1.165) is 66.4 Å². The van der Waals surface area contributed by atoms with Crippen LogP contribution in [-0.4, -0.2) is 75.8 Å². The number of rotatable bonds is 6. The van der Waals surface area contributed by atoms with Gasteiger partial charge in [-0.25, -0.2) is 14.3 Å². The normalized spacial score (nSPS) is 23.1. The van der Waals surface area contributed by atoms with Crippen LogP contribution in [0.3, 0.4) is 0 Å². The third-order valence-electron chi connectivity index (χ3n) is 6.49. The number of fused-ring (bicyclic) bond motifs is 1. The van der Waals surface area contributed by atoms with Gasteiger partial charge in [-0.05, 0) is 56.9 Å². The molecule has 8 nitrogen and oxygen atoms in total. The molecule has 1 N–H and O–H groups in total. The summed E-state index contributed by atoms with van der Waals surface area (Å²) in [5.41, 5.74) is 3.17. The molecule has 3 aromatic rings. The molecule has 2 aliphatic heterocycles. The first-order valence-corrected chi connectivity index (χ1v) is 13.4. The van der Waals surface area contributed by atoms with Crippen molar-refractivity contribution in [3.05, 3.63) is 48.3 Å². The van der Waals surface area contributed by atoms with Gasteiger partial charge in [0, 0.05) is 43.8 Å². The van der Waals surface area contributed by atoms with Crippen LogP contribution in [0.4, 0.5) is 5.82 Å². The maximum atomic E-state index is 12.6. The summed E-state index contributed by atoms with van der Waals surface area (Å²) in [6.07, 6.45) is 5.43. The van der Waals surface area contributed by atoms with E-state index in [9.17, 15) is 4.79 Å². The van der Waals surface area contributed by atoms with E-state index in [1.54, 1.807) is 18.1 Å². The molecule has 2 saturated heterocycles. The fourth-order valence-corrected chi connectivity index (χ4v) is 5.48. The van der Waals surface area contributed by atoms with E-state index in [1.807, 2.05) is 36.4 Å². The highest BCUT2D eigenvalue weighted by atomic mass is 32.2. The molecular weight excluding hydrogens is 460 g/mol. The number of hydrogen-bond acceptors (Lipinski definition) is 8. The number of carbonyl (C=O) groups excluding carboxylic acids is 1. The first kappa shape index (κ1) is 24.0. The molecule has 3 atom stereocenters. The van der Waals surface area contributed by atoms with Gasteiger partial charge in [0.1, 0.15) is 5.82 Å². The van der Waals surface area contributed by atoms with Gasteiger partial charge < -0.3 is 15.0 Å². The summed E-state index contributed by atoms with van der Waals surface area (Å²) < 4.78 is 8.14. The number of hydrogen-bond donors (Lipinski definition) is 1. The van der Waals surface area contributed by atoms with E-state index in [4.69, 9.17) is 14.7 Å². The van der Waals surface area contributed by atoms with Crippen LogP contribution in [0.15, 0.2) is 42.6 Å². The van der Waals surface area contributed by atoms with Gasteiger partial charge in [-0.3, -0.25) is 9.78 Å². The topological polar surface area (TPSA) is 83.5 Å². The second kappa shape index (κ2) is 10.5. The predicted molar refractivity (Wildman–Crippen MR) is 140 cm³/mol. The zero-order valence-corrected chi connectivity index (χ0v) is 21.3. The molecule has 184 valence electrons. The third-order valence-corrected chi connectivity index (χ3v) is 7.33. The number of aromatic nitrogens is 3. The Labute approximate surface area is 210 Å². The van der Waals surface area contributed by atoms with Gasteiger partial charge in [0.15, 0.2) is 0 Å². The molecule has 35 heavy (non-hydrogen) atoms. The first-order chi connectivity index (χ1) is 17.0. The van der Waals surface area contributed by atoms with Crippen molar-refractivity contribution in [3.8, 4) is 11.4 Å². The average Bonchev–Trinajstić information content (AvgIpc) is 3.30. The Balaban J connectivity index is 1.32. The highest BCUT2D eigenvalue weighted by Crippen LogP contribution is 2.24. The molecule has 5 heterocycles. The molecular formula is C26H32N6O2S. The Bertz CT molecular complexity index is 1200. The lowest BCUT2D eigenvalue weighted by atomic mass is 10.1. The van der Waals surface area contributed by atoms with Crippen molar-refractivity contribution in [2.24, 2.45) is 0 Å². The average molecular weight is 493 g/mol. The van der Waals surface area contributed by atoms with E-state index in [2.05, 4.69) is 39.6 Å². The summed E-state index contributed by atoms with van der Waals surface area (Å²) in [6.45, 7) is 7.72. The van der Waals surface area contributed by atoms with Crippen molar-refractivity contribution >= 4 is 34.6 Å². The van der Waals surface area contributed by atoms with E-state index < -0.39 is 0 Å². The molecule has 9 heteroatoms. The largest absolute Gasteiger partial charge is 0.372 e. The number of nitrogens with zero attached hydrogens (tertiary/aromatic N) is 5. The van der Waals surface area contributed by atoms with E-state index in [1.165, 1.54) is 0 Å². The summed E-state index contributed by atoms with van der Waals surface area (Å²) in [4.78, 5) is 29.1. The molecule has 0 bridgehead atoms. The first-order valence-electron chi connectivity index (χ1n) is 12.2. The SMILES string of the molecule is CSN1CCC(NC(=O)Cc2cc3nc(-c4cccc(N5CC(C)OC(C)C5)n4)ccc3cn2)C1. The van der Waals surface area contributed by atoms with Gasteiger partial charge in [-0.15, -0.1) is 0 Å². The lowest BCUT2D eigenvalue weighted by Crippen LogP contribution is -2.45. The molecule has 1 amide bonds. The van der Waals surface area contributed by atoms with Crippen LogP contribution < -0.4 is 10.2 Å². The third kappa shape index (κ3) is 5.74. The van der Waals surface area contributed by atoms with Crippen molar-refractivity contribution in [2.75, 3.05) is 37.3 Å². The minimum atomic E-state index is 0.00398. The number of morpholine rings is 1. The highest BCUT2D eigenvalue weighted by molar-refractivity contribution is 7.96. The lowest BCUT2D eigenvalue weighted by Gasteiger charge is -2.36. The second-order valence-corrected chi connectivity index (χ2v) is 10.3. The number of pyridine rings is 3. The Morgan fingerprint density at radius 3 is 2.69 bits per heavy atom. The molecule has 2 fully saturated rings. The Hall–Kier alpha value is -2.75. The fourth-order valence-electron chi connectivity index (χ4n) is 4.86. The standard InChI is InChI=1S/C26H32N6O2S/c1-17-14-31(15-18(2)34-17)25-6-4-5-22(30-25)23-8-7-19-13-27-21(11-24(19)29-23)12-26(33)28-20-9-10-32(16-20)35-3/h4-8,11,13,17-18,20H,9-10,12,14-16H2,1-3H3,(H,28,33). The molecule has 5 rings (SSSR count). The van der Waals surface area contributed by atoms with Crippen molar-refractivity contribution in [2.45, 2.75) is 44.9 Å². The highest BCUT2D eigenvalue weighted by Gasteiger charge is 2.24. The Morgan fingerprint density at radius 2 is 1.91 bits per heavy atom. The van der Waals surface area contributed by atoms with Crippen LogP contribution in [-0.2, 0) is 16.0 Å². The summed E-state index contributed by atoms with van der Waals surface area (Å²) >= 11 is 1.73. The van der Waals surface area contributed by atoms with E-state index in [0.29, 0.717) is 0 Å². The second-order valence-electron chi connectivity index (χ2n) is 9.41. The minimum absolute atomic E-state index is 0.00398. The van der Waals surface area contributed by atoms with Crippen molar-refractivity contribution < 1.29 is 9.53 Å². The summed E-state index contributed by atoms with van der Waals surface area (Å²) in [5.74, 6) is 0.940. The van der Waals surface area contributed by atoms with Gasteiger partial charge in [0.25, 0.3) is 0 Å². The van der Waals surface area contributed by atoms with Gasteiger partial charge in [0.05, 0.1) is 41.2 Å². The number of anilines is 1. The summed E-state index contributed by atoms with van der Waals surface area (Å²) in [7, 11) is 0. The van der Waals surface area contributed by atoms with Crippen LogP contribution in [0.1, 0.15) is 26.0 Å². The molecule has 3 aromatic heterocycles. The van der Waals surface area contributed by atoms with E-state index in [-0.39, 0.29) is 30.6 Å². The molecule has 2 aliphatic rings. The molecule has 0 aliphatic carbocycles. The van der Waals surface area contributed by atoms with Gasteiger partial charge in [-0.1, -0.05) is 18.0 Å². The minimum Gasteiger partial charge on any atom is -0.372 e. The lowest BCUT2D eigenvalue weighted by molar-refractivity contribution is -0.121. The van der Waals surface area contributed by atoms with Crippen molar-refractivity contribution in [1.29, 1.82) is 0 Å². The number of ether oxygens (including phenoxy) is 1. The van der Waals surface area contributed by atoms with Crippen LogP contribution in [0.5, 0.6) is 0 Å². The molecule has 0 saturated carbocycles. The summed E-state index contributed by atoms with van der Waals surface area (Å²) in [5, 5.41) is 4.08. The van der Waals surface area contributed by atoms with Crippen molar-refractivity contribution in [3.63, 3.8) is 0 Å². The zero-order chi connectivity index (χ0) is 24.4. The fraction of sp³-hybridized carbons (Fsp3) is 0.462. The van der Waals surface area contributed by atoms with E-state index >= 15 is 0 Å². The van der Waals surface area contributed by atoms with Crippen LogP contribution in [0, 0.1) is 0 Å². The van der Waals surface area contributed by atoms with Crippen LogP contribution >= 0.6 is 11.9 Å². The van der Waals surface area contributed by atoms with Gasteiger partial charge in [-0.2, -0.15) is 0 Å². The Kier molecular flexibility index (Phi) is 7.17. The number of carbonyl (C=O) groups is 1. The van der Waals surface area contributed by atoms with Crippen LogP contribution in [0.2, 0.25) is 0 Å². The van der Waals surface area contributed by atoms with Crippen LogP contribution in [0.25, 0.3) is 22.3 Å². The monoisotopic (exact) mass is 492 g/mol. The maximum absolute atomic E-state index is 12.6. The molecule has 0 aromatic carbocycles. The zero-order valence-electron chi connectivity index (χ0n) is 20.5. The molecule has 0 radical (unpaired) electrons. The number of nitrogens with one attached hydrogen (secondary N) is 1. The smallest absolute Gasteiger partial charge is 0.226 e. The van der Waals surface area contributed by atoms with Crippen molar-refractivity contribution in [1.82, 2.24) is 24.6 Å². The van der Waals surface area contributed by atoms with Gasteiger partial charge in [0.2, 0.25) is 5.91 Å². The Morgan fingerprint density at radius 1 is 1.11 bits per heavy atom. The quantitative estimate of drug-likeness (QED) is 0.525. The number of amides is 1. The predicted octanol–water partition coefficient (Wildman–Crippen LogP) is 3.32. The van der Waals surface area contributed by atoms with Gasteiger partial charge >= 0.3 is 0 Å². The summed E-state index contributed by atoms with van der Waals surface area (Å²) in [6, 6.07) is 12.2. The molecule has 3 unspecified atom stereocenters.